The minimum Gasteiger partial charge on any atom is -0.478 e. The first-order valence-corrected chi connectivity index (χ1v) is 5.43. The van der Waals surface area contributed by atoms with Gasteiger partial charge in [0.05, 0.1) is 21.3 Å². The van der Waals surface area contributed by atoms with E-state index in [9.17, 15) is 4.79 Å². The molecule has 0 radical (unpaired) electrons. The summed E-state index contributed by atoms with van der Waals surface area (Å²) in [5.41, 5.74) is 7.14. The lowest BCUT2D eigenvalue weighted by atomic mass is 10.2. The van der Waals surface area contributed by atoms with E-state index >= 15 is 0 Å². The maximum atomic E-state index is 10.8. The molecule has 1 rings (SSSR count). The first kappa shape index (κ1) is 14.8. The molecule has 0 unspecified atom stereocenters. The summed E-state index contributed by atoms with van der Waals surface area (Å²) in [6.07, 6.45) is 0. The number of nitriles is 1. The third-order valence-corrected chi connectivity index (χ3v) is 2.53. The molecule has 0 aromatic heterocycles. The molecule has 0 saturated carbocycles. The molecule has 0 aliphatic heterocycles. The predicted molar refractivity (Wildman–Crippen MR) is 72.0 cm³/mol. The lowest BCUT2D eigenvalue weighted by molar-refractivity contribution is 0.0697. The first-order chi connectivity index (χ1) is 8.86. The van der Waals surface area contributed by atoms with Crippen molar-refractivity contribution >= 4 is 46.4 Å². The molecule has 98 valence electrons. The van der Waals surface area contributed by atoms with Gasteiger partial charge in [-0.15, -0.1) is 0 Å². The Balaban J connectivity index is 3.14. The Labute approximate surface area is 117 Å². The monoisotopic (exact) mass is 299 g/mol. The largest absolute Gasteiger partial charge is 0.478 e. The summed E-state index contributed by atoms with van der Waals surface area (Å²) in [6, 6.07) is 3.95. The summed E-state index contributed by atoms with van der Waals surface area (Å²) >= 11 is 11.7. The van der Waals surface area contributed by atoms with E-state index < -0.39 is 11.8 Å². The van der Waals surface area contributed by atoms with Gasteiger partial charge < -0.3 is 10.8 Å². The van der Waals surface area contributed by atoms with Crippen LogP contribution in [0.4, 0.5) is 5.69 Å². The van der Waals surface area contributed by atoms with Crippen LogP contribution in [0.3, 0.4) is 0 Å². The molecule has 9 heteroatoms. The molecule has 0 atom stereocenters. The third kappa shape index (κ3) is 3.58. The number of carboxylic acid groups (broad SMARTS) is 1. The first-order valence-electron chi connectivity index (χ1n) is 4.67. The van der Waals surface area contributed by atoms with Gasteiger partial charge in [-0.25, -0.2) is 4.79 Å². The van der Waals surface area contributed by atoms with E-state index in [-0.39, 0.29) is 27.0 Å². The van der Waals surface area contributed by atoms with Crippen LogP contribution in [0, 0.1) is 16.7 Å². The van der Waals surface area contributed by atoms with Gasteiger partial charge in [0.15, 0.2) is 5.84 Å². The zero-order valence-corrected chi connectivity index (χ0v) is 10.7. The Morgan fingerprint density at radius 3 is 2.37 bits per heavy atom. The molecular formula is C10H7Cl2N5O2. The van der Waals surface area contributed by atoms with Crippen molar-refractivity contribution < 1.29 is 9.90 Å². The fourth-order valence-corrected chi connectivity index (χ4v) is 1.63. The highest BCUT2D eigenvalue weighted by molar-refractivity contribution is 6.46. The van der Waals surface area contributed by atoms with E-state index in [2.05, 4.69) is 10.5 Å². The minimum absolute atomic E-state index is 0.00879. The van der Waals surface area contributed by atoms with Gasteiger partial charge in [-0.3, -0.25) is 10.8 Å². The van der Waals surface area contributed by atoms with Gasteiger partial charge in [0.25, 0.3) is 0 Å². The van der Waals surface area contributed by atoms with Crippen LogP contribution < -0.4 is 11.2 Å². The summed E-state index contributed by atoms with van der Waals surface area (Å²) < 4.78 is 0. The Morgan fingerprint density at radius 1 is 1.47 bits per heavy atom. The molecule has 0 amide bonds. The van der Waals surface area contributed by atoms with Gasteiger partial charge in [-0.2, -0.15) is 10.4 Å². The van der Waals surface area contributed by atoms with E-state index in [0.29, 0.717) is 0 Å². The molecule has 5 N–H and O–H groups in total. The zero-order chi connectivity index (χ0) is 14.6. The number of hydrazone groups is 1. The number of nitrogens with two attached hydrogens (primary N) is 1. The van der Waals surface area contributed by atoms with Crippen molar-refractivity contribution in [2.75, 3.05) is 5.43 Å². The third-order valence-electron chi connectivity index (χ3n) is 1.93. The highest BCUT2D eigenvalue weighted by Crippen LogP contribution is 2.31. The maximum Gasteiger partial charge on any atom is 0.335 e. The number of benzene rings is 1. The smallest absolute Gasteiger partial charge is 0.335 e. The molecule has 0 spiro atoms. The van der Waals surface area contributed by atoms with Gasteiger partial charge in [0, 0.05) is 0 Å². The van der Waals surface area contributed by atoms with Crippen LogP contribution in [0.25, 0.3) is 0 Å². The average molecular weight is 300 g/mol. The average Bonchev–Trinajstić information content (AvgIpc) is 2.31. The van der Waals surface area contributed by atoms with Crippen molar-refractivity contribution in [3.05, 3.63) is 27.7 Å². The molecule has 0 heterocycles. The van der Waals surface area contributed by atoms with E-state index in [1.807, 2.05) is 0 Å². The van der Waals surface area contributed by atoms with Gasteiger partial charge in [-0.1, -0.05) is 23.2 Å². The summed E-state index contributed by atoms with van der Waals surface area (Å²) in [6.45, 7) is 0. The molecule has 7 nitrogen and oxygen atoms in total. The van der Waals surface area contributed by atoms with Crippen LogP contribution in [0.1, 0.15) is 10.4 Å². The van der Waals surface area contributed by atoms with Crippen LogP contribution in [0.2, 0.25) is 10.0 Å². The number of nitrogens with zero attached hydrogens (tertiary/aromatic N) is 2. The Morgan fingerprint density at radius 2 is 2.00 bits per heavy atom. The number of anilines is 1. The normalized spacial score (nSPS) is 10.7. The van der Waals surface area contributed by atoms with Gasteiger partial charge in [0.2, 0.25) is 5.71 Å². The molecule has 0 saturated heterocycles. The van der Waals surface area contributed by atoms with Crippen molar-refractivity contribution in [3.8, 4) is 6.07 Å². The second-order valence-electron chi connectivity index (χ2n) is 3.22. The van der Waals surface area contributed by atoms with Crippen molar-refractivity contribution in [1.82, 2.24) is 0 Å². The Bertz CT molecular complexity index is 598. The van der Waals surface area contributed by atoms with Crippen molar-refractivity contribution in [3.63, 3.8) is 0 Å². The molecule has 1 aromatic rings. The molecule has 0 fully saturated rings. The van der Waals surface area contributed by atoms with E-state index in [1.54, 1.807) is 6.07 Å². The maximum absolute atomic E-state index is 10.8. The second-order valence-corrected chi connectivity index (χ2v) is 4.03. The zero-order valence-electron chi connectivity index (χ0n) is 9.24. The number of carbonyl (C=O) groups is 1. The van der Waals surface area contributed by atoms with Crippen molar-refractivity contribution in [1.29, 1.82) is 10.7 Å². The van der Waals surface area contributed by atoms with Crippen LogP contribution in [-0.2, 0) is 0 Å². The van der Waals surface area contributed by atoms with Gasteiger partial charge in [0.1, 0.15) is 6.07 Å². The second kappa shape index (κ2) is 6.04. The lowest BCUT2D eigenvalue weighted by Crippen LogP contribution is -2.22. The van der Waals surface area contributed by atoms with Gasteiger partial charge in [-0.05, 0) is 12.1 Å². The predicted octanol–water partition coefficient (Wildman–Crippen LogP) is 1.92. The molecule has 19 heavy (non-hydrogen) atoms. The topological polar surface area (TPSA) is 135 Å². The number of halogens is 2. The number of amidine groups is 1. The van der Waals surface area contributed by atoms with Gasteiger partial charge >= 0.3 is 5.97 Å². The summed E-state index contributed by atoms with van der Waals surface area (Å²) in [5, 5.41) is 28.1. The SMILES string of the molecule is N#C/C(=N\Nc1c(Cl)cc(C(=O)O)cc1Cl)C(=N)N. The van der Waals surface area contributed by atoms with E-state index in [1.165, 1.54) is 12.1 Å². The molecule has 0 aliphatic rings. The van der Waals surface area contributed by atoms with E-state index in [4.69, 9.17) is 44.7 Å². The highest BCUT2D eigenvalue weighted by atomic mass is 35.5. The Hall–Kier alpha value is -2.30. The number of hydrogen-bond acceptors (Lipinski definition) is 5. The number of hydrogen-bond donors (Lipinski definition) is 4. The molecule has 1 aromatic carbocycles. The molecule has 0 bridgehead atoms. The number of carboxylic acids is 1. The van der Waals surface area contributed by atoms with Crippen LogP contribution in [0.15, 0.2) is 17.2 Å². The van der Waals surface area contributed by atoms with Crippen LogP contribution in [0.5, 0.6) is 0 Å². The fourth-order valence-electron chi connectivity index (χ4n) is 1.06. The highest BCUT2D eigenvalue weighted by Gasteiger charge is 2.12. The fraction of sp³-hybridized carbons (Fsp3) is 0. The Kier molecular flexibility index (Phi) is 4.69. The minimum atomic E-state index is -1.18. The summed E-state index contributed by atoms with van der Waals surface area (Å²) in [5.74, 6) is -1.70. The lowest BCUT2D eigenvalue weighted by Gasteiger charge is -2.07. The quantitative estimate of drug-likeness (QED) is 0.382. The van der Waals surface area contributed by atoms with Crippen LogP contribution >= 0.6 is 23.2 Å². The molecule has 0 aliphatic carbocycles. The number of rotatable bonds is 4. The standard InChI is InChI=1S/C10H7Cl2N5O2/c11-5-1-4(10(18)19)2-6(12)8(5)17-16-7(3-13)9(14)15/h1-2,17H,(H3,14,15)(H,18,19)/b16-7+. The summed E-state index contributed by atoms with van der Waals surface area (Å²) in [4.78, 5) is 10.8. The van der Waals surface area contributed by atoms with Crippen molar-refractivity contribution in [2.45, 2.75) is 0 Å². The number of nitrogens with one attached hydrogen (secondary N) is 2. The summed E-state index contributed by atoms with van der Waals surface area (Å²) in [7, 11) is 0. The number of aromatic carboxylic acids is 1. The van der Waals surface area contributed by atoms with Crippen molar-refractivity contribution in [2.24, 2.45) is 10.8 Å². The molecular weight excluding hydrogens is 293 g/mol. The van der Waals surface area contributed by atoms with Crippen LogP contribution in [-0.4, -0.2) is 22.6 Å². The van der Waals surface area contributed by atoms with E-state index in [0.717, 1.165) is 0 Å².